The van der Waals surface area contributed by atoms with E-state index in [1.54, 1.807) is 7.05 Å². The van der Waals surface area contributed by atoms with Crippen LogP contribution in [-0.4, -0.2) is 57.4 Å². The van der Waals surface area contributed by atoms with Gasteiger partial charge >= 0.3 is 6.18 Å². The summed E-state index contributed by atoms with van der Waals surface area (Å²) in [5.41, 5.74) is 0. The summed E-state index contributed by atoms with van der Waals surface area (Å²) in [7, 11) is 3.59. The zero-order chi connectivity index (χ0) is 15.4. The summed E-state index contributed by atoms with van der Waals surface area (Å²) in [5, 5.41) is 3.08. The summed E-state index contributed by atoms with van der Waals surface area (Å²) < 4.78 is 40.0. The van der Waals surface area contributed by atoms with E-state index in [1.165, 1.54) is 0 Å². The molecule has 0 atom stereocenters. The maximum atomic E-state index is 11.8. The highest BCUT2D eigenvalue weighted by Gasteiger charge is 2.27. The number of nitrogens with zero attached hydrogens (tertiary/aromatic N) is 2. The van der Waals surface area contributed by atoms with Gasteiger partial charge in [0.05, 0.1) is 0 Å². The van der Waals surface area contributed by atoms with E-state index in [4.69, 9.17) is 0 Å². The fourth-order valence-corrected chi connectivity index (χ4v) is 1.53. The number of guanidine groups is 1. The average molecular weight is 423 g/mol. The summed E-state index contributed by atoms with van der Waals surface area (Å²) in [6.45, 7) is 3.91. The summed E-state index contributed by atoms with van der Waals surface area (Å²) in [5.74, 6) is 0.727. The average Bonchev–Trinajstić information content (AvgIpc) is 2.37. The quantitative estimate of drug-likeness (QED) is 0.204. The fraction of sp³-hybridized carbons (Fsp3) is 0.769. The molecule has 0 spiro atoms. The molecule has 4 nitrogen and oxygen atoms in total. The maximum Gasteiger partial charge on any atom is 0.411 e. The number of nitrogens with one attached hydrogen (secondary N) is 1. The number of unbranched alkanes of at least 4 members (excludes halogenated alkanes) is 1. The van der Waals surface area contributed by atoms with Crippen LogP contribution in [0, 0.1) is 0 Å². The van der Waals surface area contributed by atoms with E-state index in [0.717, 1.165) is 25.3 Å². The first-order valence-electron chi connectivity index (χ1n) is 6.58. The van der Waals surface area contributed by atoms with Gasteiger partial charge in [0.2, 0.25) is 0 Å². The number of rotatable bonds is 9. The lowest BCUT2D eigenvalue weighted by molar-refractivity contribution is -0.173. The maximum absolute atomic E-state index is 11.8. The van der Waals surface area contributed by atoms with Crippen LogP contribution in [0.5, 0.6) is 0 Å². The molecule has 0 rings (SSSR count). The molecular formula is C13H25F3IN3O. The molecule has 1 N–H and O–H groups in total. The standard InChI is InChI=1S/C13H24F3N3O.HI/c1-4-5-6-9-19(3)12(17-2)18-8-7-10-20-11-13(14,15)16;/h4H,1,5-11H2,2-3H3,(H,17,18);1H. The molecule has 0 bridgehead atoms. The zero-order valence-electron chi connectivity index (χ0n) is 12.6. The first-order chi connectivity index (χ1) is 9.40. The highest BCUT2D eigenvalue weighted by molar-refractivity contribution is 14.0. The predicted octanol–water partition coefficient (Wildman–Crippen LogP) is 3.05. The molecule has 0 radical (unpaired) electrons. The Bertz CT molecular complexity index is 299. The number of aliphatic imine (C=N–C) groups is 1. The van der Waals surface area contributed by atoms with E-state index in [0.29, 0.717) is 13.0 Å². The Labute approximate surface area is 141 Å². The predicted molar refractivity (Wildman–Crippen MR) is 90.3 cm³/mol. The third-order valence-corrected chi connectivity index (χ3v) is 2.49. The Morgan fingerprint density at radius 3 is 2.57 bits per heavy atom. The van der Waals surface area contributed by atoms with Gasteiger partial charge in [-0.15, -0.1) is 30.6 Å². The smallest absolute Gasteiger partial charge is 0.372 e. The van der Waals surface area contributed by atoms with Gasteiger partial charge in [-0.05, 0) is 19.3 Å². The van der Waals surface area contributed by atoms with E-state index < -0.39 is 12.8 Å². The molecule has 0 aliphatic heterocycles. The van der Waals surface area contributed by atoms with Gasteiger partial charge in [-0.3, -0.25) is 4.99 Å². The molecule has 0 aliphatic carbocycles. The third kappa shape index (κ3) is 14.2. The molecule has 126 valence electrons. The van der Waals surface area contributed by atoms with Gasteiger partial charge in [0.15, 0.2) is 5.96 Å². The summed E-state index contributed by atoms with van der Waals surface area (Å²) in [4.78, 5) is 6.08. The van der Waals surface area contributed by atoms with Crippen LogP contribution in [0.2, 0.25) is 0 Å². The molecular weight excluding hydrogens is 398 g/mol. The zero-order valence-corrected chi connectivity index (χ0v) is 14.9. The van der Waals surface area contributed by atoms with Gasteiger partial charge in [-0.1, -0.05) is 6.08 Å². The molecule has 0 aromatic heterocycles. The van der Waals surface area contributed by atoms with E-state index in [9.17, 15) is 13.2 Å². The van der Waals surface area contributed by atoms with Crippen molar-refractivity contribution in [1.29, 1.82) is 0 Å². The second-order valence-corrected chi connectivity index (χ2v) is 4.35. The first kappa shape index (κ1) is 22.8. The van der Waals surface area contributed by atoms with Crippen molar-refractivity contribution in [2.75, 3.05) is 40.4 Å². The second-order valence-electron chi connectivity index (χ2n) is 4.35. The van der Waals surface area contributed by atoms with Gasteiger partial charge in [0.1, 0.15) is 6.61 Å². The Hall–Kier alpha value is -0.510. The highest BCUT2D eigenvalue weighted by Crippen LogP contribution is 2.14. The van der Waals surface area contributed by atoms with Crippen LogP contribution in [0.4, 0.5) is 13.2 Å². The van der Waals surface area contributed by atoms with Gasteiger partial charge in [-0.25, -0.2) is 0 Å². The molecule has 0 aromatic rings. The van der Waals surface area contributed by atoms with Crippen molar-refractivity contribution in [2.24, 2.45) is 4.99 Å². The summed E-state index contributed by atoms with van der Waals surface area (Å²) >= 11 is 0. The molecule has 0 saturated heterocycles. The van der Waals surface area contributed by atoms with Crippen LogP contribution >= 0.6 is 24.0 Å². The van der Waals surface area contributed by atoms with Crippen molar-refractivity contribution in [2.45, 2.75) is 25.4 Å². The van der Waals surface area contributed by atoms with E-state index in [1.807, 2.05) is 18.0 Å². The number of halogens is 4. The Kier molecular flexibility index (Phi) is 14.3. The number of ether oxygens (including phenoxy) is 1. The van der Waals surface area contributed by atoms with Crippen molar-refractivity contribution >= 4 is 29.9 Å². The second kappa shape index (κ2) is 13.2. The number of hydrogen-bond donors (Lipinski definition) is 1. The molecule has 0 amide bonds. The largest absolute Gasteiger partial charge is 0.411 e. The van der Waals surface area contributed by atoms with Crippen LogP contribution in [-0.2, 0) is 4.74 Å². The number of hydrogen-bond acceptors (Lipinski definition) is 2. The minimum Gasteiger partial charge on any atom is -0.372 e. The molecule has 8 heteroatoms. The Morgan fingerprint density at radius 2 is 2.05 bits per heavy atom. The van der Waals surface area contributed by atoms with E-state index in [-0.39, 0.29) is 30.6 Å². The van der Waals surface area contributed by atoms with E-state index >= 15 is 0 Å². The normalized spacial score (nSPS) is 11.8. The lowest BCUT2D eigenvalue weighted by atomic mass is 10.3. The first-order valence-corrected chi connectivity index (χ1v) is 6.58. The molecule has 0 unspecified atom stereocenters. The molecule has 0 aromatic carbocycles. The SMILES string of the molecule is C=CCCCN(C)C(=NC)NCCCOCC(F)(F)F.I. The van der Waals surface area contributed by atoms with Gasteiger partial charge in [0, 0.05) is 33.8 Å². The summed E-state index contributed by atoms with van der Waals surface area (Å²) in [6.07, 6.45) is 0.0223. The minimum absolute atomic E-state index is 0. The van der Waals surface area contributed by atoms with Crippen molar-refractivity contribution < 1.29 is 17.9 Å². The molecule has 21 heavy (non-hydrogen) atoms. The van der Waals surface area contributed by atoms with Crippen molar-refractivity contribution in [3.63, 3.8) is 0 Å². The molecule has 0 aliphatic rings. The van der Waals surface area contributed by atoms with Crippen LogP contribution in [0.25, 0.3) is 0 Å². The lowest BCUT2D eigenvalue weighted by Crippen LogP contribution is -2.40. The van der Waals surface area contributed by atoms with Crippen molar-refractivity contribution in [1.82, 2.24) is 10.2 Å². The Morgan fingerprint density at radius 1 is 1.38 bits per heavy atom. The van der Waals surface area contributed by atoms with Crippen LogP contribution in [0.15, 0.2) is 17.6 Å². The van der Waals surface area contributed by atoms with Gasteiger partial charge < -0.3 is 15.0 Å². The molecule has 0 saturated carbocycles. The van der Waals surface area contributed by atoms with E-state index in [2.05, 4.69) is 21.6 Å². The van der Waals surface area contributed by atoms with Crippen LogP contribution in [0.3, 0.4) is 0 Å². The topological polar surface area (TPSA) is 36.9 Å². The minimum atomic E-state index is -4.26. The molecule has 0 heterocycles. The summed E-state index contributed by atoms with van der Waals surface area (Å²) in [6, 6.07) is 0. The molecule has 0 fully saturated rings. The lowest BCUT2D eigenvalue weighted by Gasteiger charge is -2.21. The van der Waals surface area contributed by atoms with Gasteiger partial charge in [0.25, 0.3) is 0 Å². The number of allylic oxidation sites excluding steroid dienone is 1. The fourth-order valence-electron chi connectivity index (χ4n) is 1.53. The van der Waals surface area contributed by atoms with Crippen LogP contribution in [0.1, 0.15) is 19.3 Å². The third-order valence-electron chi connectivity index (χ3n) is 2.49. The number of alkyl halides is 3. The highest BCUT2D eigenvalue weighted by atomic mass is 127. The van der Waals surface area contributed by atoms with Crippen LogP contribution < -0.4 is 5.32 Å². The monoisotopic (exact) mass is 423 g/mol. The van der Waals surface area contributed by atoms with Gasteiger partial charge in [-0.2, -0.15) is 13.2 Å². The Balaban J connectivity index is 0. The van der Waals surface area contributed by atoms with Crippen molar-refractivity contribution in [3.8, 4) is 0 Å². The van der Waals surface area contributed by atoms with Crippen molar-refractivity contribution in [3.05, 3.63) is 12.7 Å².